The number of amides is 1. The van der Waals surface area contributed by atoms with Crippen molar-refractivity contribution in [3.63, 3.8) is 0 Å². The van der Waals surface area contributed by atoms with E-state index < -0.39 is 5.97 Å². The summed E-state index contributed by atoms with van der Waals surface area (Å²) in [4.78, 5) is 22.0. The van der Waals surface area contributed by atoms with Crippen molar-refractivity contribution in [2.75, 3.05) is 6.54 Å². The van der Waals surface area contributed by atoms with Crippen LogP contribution in [0.5, 0.6) is 0 Å². The molecule has 1 unspecified atom stereocenters. The lowest BCUT2D eigenvalue weighted by atomic mass is 10.0. The number of carboxylic acids is 1. The minimum atomic E-state index is -0.892. The number of hydrogen-bond acceptors (Lipinski definition) is 2. The number of carbonyl (C=O) groups excluding carboxylic acids is 1. The first-order valence-electron chi connectivity index (χ1n) is 6.63. The van der Waals surface area contributed by atoms with Gasteiger partial charge in [-0.1, -0.05) is 37.3 Å². The van der Waals surface area contributed by atoms with E-state index in [-0.39, 0.29) is 24.8 Å². The fourth-order valence-corrected chi connectivity index (χ4v) is 1.86. The van der Waals surface area contributed by atoms with Crippen LogP contribution in [0.15, 0.2) is 30.3 Å². The molecule has 1 rings (SSSR count). The van der Waals surface area contributed by atoms with Crippen molar-refractivity contribution in [3.05, 3.63) is 35.9 Å². The molecule has 0 radical (unpaired) electrons. The first-order chi connectivity index (χ1) is 9.09. The Morgan fingerprint density at radius 1 is 1.26 bits per heavy atom. The summed E-state index contributed by atoms with van der Waals surface area (Å²) in [6.07, 6.45) is 2.71. The van der Waals surface area contributed by atoms with Gasteiger partial charge in [-0.2, -0.15) is 0 Å². The topological polar surface area (TPSA) is 66.4 Å². The standard InChI is InChI=1S/C15H21NO3/c1-12(15(19)16-11-10-14(17)18)6-5-9-13-7-3-2-4-8-13/h2-4,7-8,12H,5-6,9-11H2,1H3,(H,16,19)(H,17,18). The molecule has 4 nitrogen and oxygen atoms in total. The van der Waals surface area contributed by atoms with E-state index in [0.29, 0.717) is 0 Å². The van der Waals surface area contributed by atoms with Gasteiger partial charge in [0.05, 0.1) is 6.42 Å². The molecule has 1 aromatic rings. The smallest absolute Gasteiger partial charge is 0.305 e. The summed E-state index contributed by atoms with van der Waals surface area (Å²) in [7, 11) is 0. The molecule has 1 atom stereocenters. The Labute approximate surface area is 113 Å². The number of aryl methyl sites for hydroxylation is 1. The van der Waals surface area contributed by atoms with E-state index >= 15 is 0 Å². The Balaban J connectivity index is 2.18. The van der Waals surface area contributed by atoms with Crippen molar-refractivity contribution in [3.8, 4) is 0 Å². The van der Waals surface area contributed by atoms with Gasteiger partial charge in [0.1, 0.15) is 0 Å². The zero-order valence-corrected chi connectivity index (χ0v) is 11.3. The number of aliphatic carboxylic acids is 1. The maximum atomic E-state index is 11.7. The summed E-state index contributed by atoms with van der Waals surface area (Å²) in [5, 5.41) is 11.1. The summed E-state index contributed by atoms with van der Waals surface area (Å²) < 4.78 is 0. The molecule has 2 N–H and O–H groups in total. The molecule has 0 fully saturated rings. The monoisotopic (exact) mass is 263 g/mol. The zero-order valence-electron chi connectivity index (χ0n) is 11.3. The molecule has 0 bridgehead atoms. The molecule has 0 spiro atoms. The quantitative estimate of drug-likeness (QED) is 0.756. The Kier molecular flexibility index (Phi) is 6.64. The largest absolute Gasteiger partial charge is 0.481 e. The summed E-state index contributed by atoms with van der Waals surface area (Å²) in [5.74, 6) is -1.02. The predicted octanol–water partition coefficient (Wildman–Crippen LogP) is 2.24. The fourth-order valence-electron chi connectivity index (χ4n) is 1.86. The minimum absolute atomic E-state index is 0.0253. The molecule has 0 saturated carbocycles. The third-order valence-corrected chi connectivity index (χ3v) is 3.03. The minimum Gasteiger partial charge on any atom is -0.481 e. The summed E-state index contributed by atoms with van der Waals surface area (Å²) in [6.45, 7) is 2.08. The Hall–Kier alpha value is -1.84. The lowest BCUT2D eigenvalue weighted by Gasteiger charge is -2.11. The summed E-state index contributed by atoms with van der Waals surface area (Å²) >= 11 is 0. The van der Waals surface area contributed by atoms with Gasteiger partial charge in [0.25, 0.3) is 0 Å². The van der Waals surface area contributed by atoms with Crippen molar-refractivity contribution < 1.29 is 14.7 Å². The fraction of sp³-hybridized carbons (Fsp3) is 0.467. The number of nitrogens with one attached hydrogen (secondary N) is 1. The van der Waals surface area contributed by atoms with Gasteiger partial charge >= 0.3 is 5.97 Å². The van der Waals surface area contributed by atoms with Crippen LogP contribution in [0.2, 0.25) is 0 Å². The van der Waals surface area contributed by atoms with E-state index in [9.17, 15) is 9.59 Å². The highest BCUT2D eigenvalue weighted by Gasteiger charge is 2.12. The Bertz CT molecular complexity index is 403. The second-order valence-electron chi connectivity index (χ2n) is 4.71. The highest BCUT2D eigenvalue weighted by Crippen LogP contribution is 2.10. The second-order valence-corrected chi connectivity index (χ2v) is 4.71. The van der Waals surface area contributed by atoms with E-state index in [1.54, 1.807) is 0 Å². The number of carboxylic acid groups (broad SMARTS) is 1. The van der Waals surface area contributed by atoms with Crippen molar-refractivity contribution >= 4 is 11.9 Å². The van der Waals surface area contributed by atoms with Crippen LogP contribution in [-0.2, 0) is 16.0 Å². The number of carbonyl (C=O) groups is 2. The van der Waals surface area contributed by atoms with Crippen LogP contribution in [0.3, 0.4) is 0 Å². The van der Waals surface area contributed by atoms with Crippen LogP contribution < -0.4 is 5.32 Å². The average molecular weight is 263 g/mol. The molecule has 0 heterocycles. The Morgan fingerprint density at radius 2 is 1.95 bits per heavy atom. The first-order valence-corrected chi connectivity index (χ1v) is 6.63. The van der Waals surface area contributed by atoms with Crippen molar-refractivity contribution in [1.82, 2.24) is 5.32 Å². The number of hydrogen-bond donors (Lipinski definition) is 2. The van der Waals surface area contributed by atoms with Crippen molar-refractivity contribution in [1.29, 1.82) is 0 Å². The normalized spacial score (nSPS) is 11.8. The van der Waals surface area contributed by atoms with Crippen LogP contribution in [0.4, 0.5) is 0 Å². The van der Waals surface area contributed by atoms with E-state index in [2.05, 4.69) is 17.4 Å². The lowest BCUT2D eigenvalue weighted by Crippen LogP contribution is -2.31. The van der Waals surface area contributed by atoms with Gasteiger partial charge in [0, 0.05) is 12.5 Å². The molecule has 19 heavy (non-hydrogen) atoms. The highest BCUT2D eigenvalue weighted by atomic mass is 16.4. The molecular weight excluding hydrogens is 242 g/mol. The molecule has 0 aliphatic rings. The molecule has 104 valence electrons. The van der Waals surface area contributed by atoms with Gasteiger partial charge in [-0.3, -0.25) is 9.59 Å². The molecular formula is C15H21NO3. The maximum Gasteiger partial charge on any atom is 0.305 e. The van der Waals surface area contributed by atoms with E-state index in [0.717, 1.165) is 19.3 Å². The highest BCUT2D eigenvalue weighted by molar-refractivity contribution is 5.78. The molecule has 1 amide bonds. The first kappa shape index (κ1) is 15.2. The lowest BCUT2D eigenvalue weighted by molar-refractivity contribution is -0.137. The zero-order chi connectivity index (χ0) is 14.1. The van der Waals surface area contributed by atoms with E-state index in [4.69, 9.17) is 5.11 Å². The Morgan fingerprint density at radius 3 is 2.58 bits per heavy atom. The molecule has 4 heteroatoms. The van der Waals surface area contributed by atoms with Crippen molar-refractivity contribution in [2.24, 2.45) is 5.92 Å². The molecule has 0 aliphatic carbocycles. The van der Waals surface area contributed by atoms with Gasteiger partial charge in [0.15, 0.2) is 0 Å². The van der Waals surface area contributed by atoms with Gasteiger partial charge in [-0.05, 0) is 24.8 Å². The third kappa shape index (κ3) is 6.60. The van der Waals surface area contributed by atoms with Gasteiger partial charge in [-0.25, -0.2) is 0 Å². The van der Waals surface area contributed by atoms with Crippen LogP contribution in [0, 0.1) is 5.92 Å². The van der Waals surface area contributed by atoms with Gasteiger partial charge in [0.2, 0.25) is 5.91 Å². The van der Waals surface area contributed by atoms with Crippen LogP contribution in [0.1, 0.15) is 31.7 Å². The SMILES string of the molecule is CC(CCCc1ccccc1)C(=O)NCCC(=O)O. The summed E-state index contributed by atoms with van der Waals surface area (Å²) in [5.41, 5.74) is 1.28. The van der Waals surface area contributed by atoms with Crippen LogP contribution in [-0.4, -0.2) is 23.5 Å². The van der Waals surface area contributed by atoms with Gasteiger partial charge in [-0.15, -0.1) is 0 Å². The number of rotatable bonds is 8. The third-order valence-electron chi connectivity index (χ3n) is 3.03. The van der Waals surface area contributed by atoms with Gasteiger partial charge < -0.3 is 10.4 Å². The maximum absolute atomic E-state index is 11.7. The summed E-state index contributed by atoms with van der Waals surface area (Å²) in [6, 6.07) is 10.2. The van der Waals surface area contributed by atoms with E-state index in [1.165, 1.54) is 5.56 Å². The van der Waals surface area contributed by atoms with Crippen LogP contribution in [0.25, 0.3) is 0 Å². The average Bonchev–Trinajstić information content (AvgIpc) is 2.39. The van der Waals surface area contributed by atoms with Crippen LogP contribution >= 0.6 is 0 Å². The molecule has 0 aliphatic heterocycles. The van der Waals surface area contributed by atoms with Crippen molar-refractivity contribution in [2.45, 2.75) is 32.6 Å². The molecule has 0 saturated heterocycles. The molecule has 1 aromatic carbocycles. The predicted molar refractivity (Wildman–Crippen MR) is 73.8 cm³/mol. The second kappa shape index (κ2) is 8.29. The molecule has 0 aromatic heterocycles. The van der Waals surface area contributed by atoms with E-state index in [1.807, 2.05) is 25.1 Å². The number of benzene rings is 1.